The molecule has 0 atom stereocenters. The zero-order valence-electron chi connectivity index (χ0n) is 9.72. The molecule has 0 spiro atoms. The molecule has 2 aromatic rings. The van der Waals surface area contributed by atoms with E-state index in [0.717, 1.165) is 19.6 Å². The van der Waals surface area contributed by atoms with E-state index in [1.807, 2.05) is 48.1 Å². The van der Waals surface area contributed by atoms with Crippen LogP contribution in [0.25, 0.3) is 0 Å². The van der Waals surface area contributed by atoms with Gasteiger partial charge in [-0.15, -0.1) is 0 Å². The van der Waals surface area contributed by atoms with Crippen molar-refractivity contribution in [3.8, 4) is 0 Å². The van der Waals surface area contributed by atoms with Crippen molar-refractivity contribution < 1.29 is 0 Å². The predicted octanol–water partition coefficient (Wildman–Crippen LogP) is 0.715. The van der Waals surface area contributed by atoms with Gasteiger partial charge in [0.2, 0.25) is 0 Å². The highest BCUT2D eigenvalue weighted by Crippen LogP contribution is 1.95. The molecular weight excluding hydrogens is 202 g/mol. The number of aromatic nitrogens is 4. The van der Waals surface area contributed by atoms with Crippen LogP contribution in [0.1, 0.15) is 11.1 Å². The molecule has 2 rings (SSSR count). The first kappa shape index (κ1) is 10.9. The molecule has 0 radical (unpaired) electrons. The minimum atomic E-state index is 0.855. The van der Waals surface area contributed by atoms with E-state index < -0.39 is 0 Å². The minimum Gasteiger partial charge on any atom is -0.311 e. The maximum atomic E-state index is 4.22. The topological polar surface area (TPSA) is 47.7 Å². The van der Waals surface area contributed by atoms with Gasteiger partial charge in [-0.2, -0.15) is 10.2 Å². The average molecular weight is 219 g/mol. The summed E-state index contributed by atoms with van der Waals surface area (Å²) in [4.78, 5) is 0. The standard InChI is InChI=1S/C11H17N5/c1-10-5-14-16(8-10)4-3-12-6-11-7-13-15(2)9-11/h5,7-9,12H,3-4,6H2,1-2H3. The Morgan fingerprint density at radius 2 is 2.12 bits per heavy atom. The van der Waals surface area contributed by atoms with Crippen LogP contribution in [0, 0.1) is 6.92 Å². The zero-order valence-corrected chi connectivity index (χ0v) is 9.72. The summed E-state index contributed by atoms with van der Waals surface area (Å²) < 4.78 is 3.76. The van der Waals surface area contributed by atoms with E-state index >= 15 is 0 Å². The highest BCUT2D eigenvalue weighted by Gasteiger charge is 1.96. The summed E-state index contributed by atoms with van der Waals surface area (Å²) in [5.41, 5.74) is 2.41. The Labute approximate surface area is 95.1 Å². The average Bonchev–Trinajstić information content (AvgIpc) is 2.83. The Kier molecular flexibility index (Phi) is 3.36. The molecule has 0 saturated carbocycles. The molecule has 0 aliphatic carbocycles. The SMILES string of the molecule is Cc1cnn(CCNCc2cnn(C)c2)c1. The molecule has 0 fully saturated rings. The van der Waals surface area contributed by atoms with Crippen molar-refractivity contribution in [1.29, 1.82) is 0 Å². The molecule has 2 aromatic heterocycles. The molecule has 0 bridgehead atoms. The fourth-order valence-electron chi connectivity index (χ4n) is 1.58. The van der Waals surface area contributed by atoms with Gasteiger partial charge >= 0.3 is 0 Å². The number of aryl methyl sites for hydroxylation is 2. The lowest BCUT2D eigenvalue weighted by molar-refractivity contribution is 0.554. The zero-order chi connectivity index (χ0) is 11.4. The van der Waals surface area contributed by atoms with E-state index in [4.69, 9.17) is 0 Å². The van der Waals surface area contributed by atoms with E-state index in [1.165, 1.54) is 11.1 Å². The van der Waals surface area contributed by atoms with Crippen molar-refractivity contribution >= 4 is 0 Å². The van der Waals surface area contributed by atoms with Gasteiger partial charge < -0.3 is 5.32 Å². The monoisotopic (exact) mass is 219 g/mol. The quantitative estimate of drug-likeness (QED) is 0.754. The highest BCUT2D eigenvalue weighted by molar-refractivity contribution is 5.02. The normalized spacial score (nSPS) is 10.9. The van der Waals surface area contributed by atoms with E-state index in [-0.39, 0.29) is 0 Å². The van der Waals surface area contributed by atoms with Crippen LogP contribution >= 0.6 is 0 Å². The van der Waals surface area contributed by atoms with Gasteiger partial charge in [-0.25, -0.2) is 0 Å². The van der Waals surface area contributed by atoms with Crippen molar-refractivity contribution in [2.24, 2.45) is 7.05 Å². The molecule has 2 heterocycles. The van der Waals surface area contributed by atoms with Crippen LogP contribution in [0.4, 0.5) is 0 Å². The summed E-state index contributed by atoms with van der Waals surface area (Å²) in [5.74, 6) is 0. The lowest BCUT2D eigenvalue weighted by Gasteiger charge is -2.03. The number of nitrogens with zero attached hydrogens (tertiary/aromatic N) is 4. The molecule has 0 saturated heterocycles. The van der Waals surface area contributed by atoms with Crippen molar-refractivity contribution in [3.05, 3.63) is 35.9 Å². The number of hydrogen-bond acceptors (Lipinski definition) is 3. The van der Waals surface area contributed by atoms with Crippen LogP contribution in [0.5, 0.6) is 0 Å². The molecular formula is C11H17N5. The Morgan fingerprint density at radius 1 is 1.25 bits per heavy atom. The van der Waals surface area contributed by atoms with Crippen molar-refractivity contribution in [2.75, 3.05) is 6.54 Å². The second-order valence-corrected chi connectivity index (χ2v) is 3.98. The van der Waals surface area contributed by atoms with Crippen LogP contribution in [-0.2, 0) is 20.1 Å². The third kappa shape index (κ3) is 2.93. The number of rotatable bonds is 5. The van der Waals surface area contributed by atoms with Gasteiger partial charge in [-0.1, -0.05) is 0 Å². The fraction of sp³-hybridized carbons (Fsp3) is 0.455. The maximum absolute atomic E-state index is 4.22. The van der Waals surface area contributed by atoms with Crippen molar-refractivity contribution in [1.82, 2.24) is 24.9 Å². The van der Waals surface area contributed by atoms with Gasteiger partial charge in [0.05, 0.1) is 18.9 Å². The summed E-state index contributed by atoms with van der Waals surface area (Å²) in [7, 11) is 1.93. The van der Waals surface area contributed by atoms with Crippen LogP contribution in [-0.4, -0.2) is 26.1 Å². The van der Waals surface area contributed by atoms with Crippen molar-refractivity contribution in [2.45, 2.75) is 20.0 Å². The molecule has 0 aliphatic heterocycles. The van der Waals surface area contributed by atoms with Gasteiger partial charge in [-0.3, -0.25) is 9.36 Å². The molecule has 0 unspecified atom stereocenters. The molecule has 5 nitrogen and oxygen atoms in total. The van der Waals surface area contributed by atoms with Crippen LogP contribution in [0.3, 0.4) is 0 Å². The Balaban J connectivity index is 1.69. The molecule has 0 aromatic carbocycles. The largest absolute Gasteiger partial charge is 0.311 e. The van der Waals surface area contributed by atoms with E-state index in [0.29, 0.717) is 0 Å². The number of hydrogen-bond donors (Lipinski definition) is 1. The Hall–Kier alpha value is -1.62. The summed E-state index contributed by atoms with van der Waals surface area (Å²) in [6.07, 6.45) is 7.82. The highest BCUT2D eigenvalue weighted by atomic mass is 15.3. The van der Waals surface area contributed by atoms with E-state index in [2.05, 4.69) is 15.5 Å². The molecule has 0 aliphatic rings. The van der Waals surface area contributed by atoms with E-state index in [1.54, 1.807) is 0 Å². The lowest BCUT2D eigenvalue weighted by atomic mass is 10.3. The molecule has 86 valence electrons. The second kappa shape index (κ2) is 4.94. The molecule has 16 heavy (non-hydrogen) atoms. The van der Waals surface area contributed by atoms with Crippen molar-refractivity contribution in [3.63, 3.8) is 0 Å². The van der Waals surface area contributed by atoms with Gasteiger partial charge in [0.15, 0.2) is 0 Å². The van der Waals surface area contributed by atoms with Crippen LogP contribution < -0.4 is 5.32 Å². The predicted molar refractivity (Wildman–Crippen MR) is 61.9 cm³/mol. The van der Waals surface area contributed by atoms with E-state index in [9.17, 15) is 0 Å². The first-order valence-electron chi connectivity index (χ1n) is 5.41. The minimum absolute atomic E-state index is 0.855. The third-order valence-corrected chi connectivity index (χ3v) is 2.37. The summed E-state index contributed by atoms with van der Waals surface area (Å²) in [6.45, 7) is 4.71. The first-order chi connectivity index (χ1) is 7.74. The van der Waals surface area contributed by atoms with Gasteiger partial charge in [0, 0.05) is 38.1 Å². The van der Waals surface area contributed by atoms with Gasteiger partial charge in [0.25, 0.3) is 0 Å². The molecule has 0 amide bonds. The summed E-state index contributed by atoms with van der Waals surface area (Å²) >= 11 is 0. The lowest BCUT2D eigenvalue weighted by Crippen LogP contribution is -2.19. The van der Waals surface area contributed by atoms with Gasteiger partial charge in [0.1, 0.15) is 0 Å². The first-order valence-corrected chi connectivity index (χ1v) is 5.41. The molecule has 1 N–H and O–H groups in total. The fourth-order valence-corrected chi connectivity index (χ4v) is 1.58. The Morgan fingerprint density at radius 3 is 2.75 bits per heavy atom. The smallest absolute Gasteiger partial charge is 0.0534 e. The number of nitrogens with one attached hydrogen (secondary N) is 1. The summed E-state index contributed by atoms with van der Waals surface area (Å²) in [6, 6.07) is 0. The summed E-state index contributed by atoms with van der Waals surface area (Å²) in [5, 5.41) is 11.7. The van der Waals surface area contributed by atoms with Gasteiger partial charge in [-0.05, 0) is 12.5 Å². The Bertz CT molecular complexity index is 400. The maximum Gasteiger partial charge on any atom is 0.0534 e. The van der Waals surface area contributed by atoms with Crippen LogP contribution in [0.2, 0.25) is 0 Å². The third-order valence-electron chi connectivity index (χ3n) is 2.37. The molecule has 5 heteroatoms. The van der Waals surface area contributed by atoms with Crippen LogP contribution in [0.15, 0.2) is 24.8 Å². The second-order valence-electron chi connectivity index (χ2n) is 3.98.